The van der Waals surface area contributed by atoms with Crippen molar-refractivity contribution < 1.29 is 44.2 Å². The molecule has 9 nitrogen and oxygen atoms in total. The average Bonchev–Trinajstić information content (AvgIpc) is 3.17. The van der Waals surface area contributed by atoms with E-state index in [9.17, 15) is 25.2 Å². The molecule has 1 saturated heterocycles. The number of esters is 1. The summed E-state index contributed by atoms with van der Waals surface area (Å²) in [4.78, 5) is 12.7. The number of hydrogen-bond acceptors (Lipinski definition) is 9. The number of allylic oxidation sites excluding steroid dienone is 6. The second kappa shape index (κ2) is 37.0. The summed E-state index contributed by atoms with van der Waals surface area (Å²) in [5.74, 6) is -0.341. The van der Waals surface area contributed by atoms with Crippen molar-refractivity contribution in [1.82, 2.24) is 0 Å². The van der Waals surface area contributed by atoms with E-state index < -0.39 is 43.4 Å². The van der Waals surface area contributed by atoms with Crippen LogP contribution in [0, 0.1) is 0 Å². The molecule has 316 valence electrons. The minimum atomic E-state index is -1.54. The van der Waals surface area contributed by atoms with E-state index in [1.807, 2.05) is 0 Å². The fourth-order valence-electron chi connectivity index (χ4n) is 6.62. The van der Waals surface area contributed by atoms with Crippen molar-refractivity contribution in [3.8, 4) is 0 Å². The maximum atomic E-state index is 12.7. The Labute approximate surface area is 330 Å². The minimum Gasteiger partial charge on any atom is -0.457 e. The molecule has 6 atom stereocenters. The second-order valence-corrected chi connectivity index (χ2v) is 15.1. The van der Waals surface area contributed by atoms with Gasteiger partial charge in [0.2, 0.25) is 0 Å². The van der Waals surface area contributed by atoms with E-state index >= 15 is 0 Å². The summed E-state index contributed by atoms with van der Waals surface area (Å²) < 4.78 is 22.8. The Morgan fingerprint density at radius 3 is 1.69 bits per heavy atom. The van der Waals surface area contributed by atoms with E-state index in [1.54, 1.807) is 0 Å². The zero-order valence-corrected chi connectivity index (χ0v) is 34.5. The third kappa shape index (κ3) is 27.9. The van der Waals surface area contributed by atoms with Gasteiger partial charge in [0.05, 0.1) is 19.8 Å². The molecule has 1 rings (SSSR count). The number of ether oxygens (including phenoxy) is 4. The lowest BCUT2D eigenvalue weighted by Crippen LogP contribution is -2.59. The molecule has 1 heterocycles. The van der Waals surface area contributed by atoms with Gasteiger partial charge < -0.3 is 39.4 Å². The van der Waals surface area contributed by atoms with E-state index in [2.05, 4.69) is 50.3 Å². The Kier molecular flexibility index (Phi) is 34.6. The summed E-state index contributed by atoms with van der Waals surface area (Å²) in [6, 6.07) is 0. The minimum absolute atomic E-state index is 0.123. The summed E-state index contributed by atoms with van der Waals surface area (Å²) >= 11 is 0. The second-order valence-electron chi connectivity index (χ2n) is 15.1. The monoisotopic (exact) mass is 767 g/mol. The largest absolute Gasteiger partial charge is 0.457 e. The van der Waals surface area contributed by atoms with Gasteiger partial charge in [0.1, 0.15) is 30.5 Å². The van der Waals surface area contributed by atoms with Crippen LogP contribution in [0.2, 0.25) is 0 Å². The van der Waals surface area contributed by atoms with E-state index in [0.717, 1.165) is 57.8 Å². The quantitative estimate of drug-likeness (QED) is 0.0277. The molecule has 1 aliphatic heterocycles. The first-order valence-corrected chi connectivity index (χ1v) is 22.1. The van der Waals surface area contributed by atoms with Crippen molar-refractivity contribution in [3.05, 3.63) is 36.5 Å². The van der Waals surface area contributed by atoms with E-state index in [0.29, 0.717) is 6.61 Å². The zero-order chi connectivity index (χ0) is 39.3. The molecule has 0 amide bonds. The van der Waals surface area contributed by atoms with Gasteiger partial charge in [0, 0.05) is 13.0 Å². The number of unbranched alkanes of at least 4 members (excludes halogenated alkanes) is 20. The highest BCUT2D eigenvalue weighted by Crippen LogP contribution is 2.22. The maximum absolute atomic E-state index is 12.7. The predicted molar refractivity (Wildman–Crippen MR) is 219 cm³/mol. The fraction of sp³-hybridized carbons (Fsp3) is 0.844. The highest BCUT2D eigenvalue weighted by molar-refractivity contribution is 5.69. The molecule has 0 aromatic carbocycles. The molecule has 0 bridgehead atoms. The Hall–Kier alpha value is -1.59. The molecule has 4 N–H and O–H groups in total. The summed E-state index contributed by atoms with van der Waals surface area (Å²) in [5, 5.41) is 40.1. The smallest absolute Gasteiger partial charge is 0.306 e. The van der Waals surface area contributed by atoms with Gasteiger partial charge in [-0.25, -0.2) is 0 Å². The lowest BCUT2D eigenvalue weighted by molar-refractivity contribution is -0.305. The molecule has 0 spiro atoms. The summed E-state index contributed by atoms with van der Waals surface area (Å²) in [6.45, 7) is 4.42. The van der Waals surface area contributed by atoms with Crippen molar-refractivity contribution in [3.63, 3.8) is 0 Å². The van der Waals surface area contributed by atoms with Gasteiger partial charge >= 0.3 is 5.97 Å². The van der Waals surface area contributed by atoms with Crippen LogP contribution in [0.4, 0.5) is 0 Å². The van der Waals surface area contributed by atoms with Crippen LogP contribution in [0.1, 0.15) is 181 Å². The normalized spacial score (nSPS) is 21.2. The molecule has 54 heavy (non-hydrogen) atoms. The van der Waals surface area contributed by atoms with Crippen LogP contribution in [0.3, 0.4) is 0 Å². The first-order chi connectivity index (χ1) is 26.4. The molecular formula is C45H82O9. The molecule has 0 saturated carbocycles. The van der Waals surface area contributed by atoms with Crippen molar-refractivity contribution in [1.29, 1.82) is 0 Å². The van der Waals surface area contributed by atoms with Crippen molar-refractivity contribution in [2.75, 3.05) is 26.4 Å². The summed E-state index contributed by atoms with van der Waals surface area (Å²) in [5.41, 5.74) is 0. The lowest BCUT2D eigenvalue weighted by atomic mass is 9.99. The van der Waals surface area contributed by atoms with Crippen molar-refractivity contribution in [2.45, 2.75) is 218 Å². The molecule has 1 aliphatic rings. The lowest BCUT2D eigenvalue weighted by Gasteiger charge is -2.39. The number of carbonyl (C=O) groups is 1. The van der Waals surface area contributed by atoms with Gasteiger partial charge in [-0.2, -0.15) is 0 Å². The Morgan fingerprint density at radius 2 is 1.13 bits per heavy atom. The zero-order valence-electron chi connectivity index (χ0n) is 34.5. The summed E-state index contributed by atoms with van der Waals surface area (Å²) in [6.07, 6.45) is 36.0. The number of aliphatic hydroxyl groups excluding tert-OH is 4. The highest BCUT2D eigenvalue weighted by atomic mass is 16.7. The van der Waals surface area contributed by atoms with Gasteiger partial charge in [-0.1, -0.05) is 166 Å². The first-order valence-electron chi connectivity index (χ1n) is 22.1. The van der Waals surface area contributed by atoms with Crippen LogP contribution >= 0.6 is 0 Å². The van der Waals surface area contributed by atoms with Gasteiger partial charge in [-0.3, -0.25) is 4.79 Å². The van der Waals surface area contributed by atoms with Gasteiger partial charge in [-0.05, 0) is 44.9 Å². The van der Waals surface area contributed by atoms with E-state index in [4.69, 9.17) is 18.9 Å². The molecular weight excluding hydrogens is 684 g/mol. The van der Waals surface area contributed by atoms with Crippen LogP contribution in [0.25, 0.3) is 0 Å². The molecule has 1 fully saturated rings. The topological polar surface area (TPSA) is 135 Å². The average molecular weight is 767 g/mol. The first kappa shape index (κ1) is 50.4. The Balaban J connectivity index is 2.26. The molecule has 0 radical (unpaired) electrons. The number of aliphatic hydroxyl groups is 4. The molecule has 0 aromatic heterocycles. The highest BCUT2D eigenvalue weighted by Gasteiger charge is 2.44. The number of hydrogen-bond donors (Lipinski definition) is 4. The molecule has 9 heteroatoms. The predicted octanol–water partition coefficient (Wildman–Crippen LogP) is 9.58. The molecule has 0 aliphatic carbocycles. The van der Waals surface area contributed by atoms with Crippen LogP contribution < -0.4 is 0 Å². The van der Waals surface area contributed by atoms with E-state index in [-0.39, 0.29) is 25.6 Å². The van der Waals surface area contributed by atoms with Gasteiger partial charge in [0.15, 0.2) is 6.29 Å². The SMILES string of the molecule is CC/C=C\C/C=C\C/C=C\CCCCCC(=O)OC(COCCCCCCCCCCCCCCCCCCCC)COC1OC(CO)C(O)C(O)C1O. The van der Waals surface area contributed by atoms with Crippen LogP contribution in [0.15, 0.2) is 36.5 Å². The van der Waals surface area contributed by atoms with Crippen molar-refractivity contribution in [2.24, 2.45) is 0 Å². The Bertz CT molecular complexity index is 921. The standard InChI is InChI=1S/C45H82O9/c1-3-5-7-9-11-13-15-17-18-19-20-21-23-25-27-29-31-33-35-51-37-39(38-52-45-44(50)43(49)42(48)40(36-46)54-45)53-41(47)34-32-30-28-26-24-22-16-14-12-10-8-6-4-2/h6,8,12,14,22,24,39-40,42-46,48-50H,3-5,7,9-11,13,15-21,23,25-38H2,1-2H3/b8-6-,14-12-,24-22-. The van der Waals surface area contributed by atoms with Crippen molar-refractivity contribution >= 4 is 5.97 Å². The van der Waals surface area contributed by atoms with Crippen LogP contribution in [-0.4, -0.2) is 89.6 Å². The molecule has 6 unspecified atom stereocenters. The summed E-state index contributed by atoms with van der Waals surface area (Å²) in [7, 11) is 0. The van der Waals surface area contributed by atoms with Crippen LogP contribution in [0.5, 0.6) is 0 Å². The number of carbonyl (C=O) groups excluding carboxylic acids is 1. The third-order valence-electron chi connectivity index (χ3n) is 10.1. The third-order valence-corrected chi connectivity index (χ3v) is 10.1. The maximum Gasteiger partial charge on any atom is 0.306 e. The fourth-order valence-corrected chi connectivity index (χ4v) is 6.62. The Morgan fingerprint density at radius 1 is 0.611 bits per heavy atom. The van der Waals surface area contributed by atoms with E-state index in [1.165, 1.54) is 103 Å². The molecule has 0 aromatic rings. The number of rotatable bonds is 37. The van der Waals surface area contributed by atoms with Gasteiger partial charge in [-0.15, -0.1) is 0 Å². The van der Waals surface area contributed by atoms with Gasteiger partial charge in [0.25, 0.3) is 0 Å². The van der Waals surface area contributed by atoms with Crippen LogP contribution in [-0.2, 0) is 23.7 Å².